The summed E-state index contributed by atoms with van der Waals surface area (Å²) in [6, 6.07) is 23.3. The molecule has 0 bridgehead atoms. The molecule has 0 atom stereocenters. The third kappa shape index (κ3) is 3.04. The summed E-state index contributed by atoms with van der Waals surface area (Å²) in [7, 11) is 0. The second-order valence-corrected chi connectivity index (χ2v) is 5.15. The smallest absolute Gasteiger partial charge is 0.0220 e. The van der Waals surface area contributed by atoms with Crippen LogP contribution >= 0.6 is 0 Å². The van der Waals surface area contributed by atoms with Crippen LogP contribution in [0.3, 0.4) is 0 Å². The van der Waals surface area contributed by atoms with Gasteiger partial charge in [-0.15, -0.1) is 0 Å². The van der Waals surface area contributed by atoms with Gasteiger partial charge in [-0.25, -0.2) is 0 Å². The van der Waals surface area contributed by atoms with Gasteiger partial charge in [0, 0.05) is 13.1 Å². The number of hydrogen-bond donors (Lipinski definition) is 1. The second-order valence-electron chi connectivity index (χ2n) is 5.15. The molecule has 0 aliphatic carbocycles. The highest BCUT2D eigenvalue weighted by Crippen LogP contribution is 2.23. The molecular formula is C20H19N. The first kappa shape index (κ1) is 13.6. The van der Waals surface area contributed by atoms with E-state index in [1.165, 1.54) is 27.5 Å². The molecule has 0 aliphatic heterocycles. The molecule has 3 rings (SSSR count). The monoisotopic (exact) mass is 273 g/mol. The van der Waals surface area contributed by atoms with E-state index in [2.05, 4.69) is 72.6 Å². The molecule has 3 aromatic rings. The lowest BCUT2D eigenvalue weighted by atomic mass is 9.98. The fraction of sp³-hybridized carbons (Fsp3) is 0.100. The maximum atomic E-state index is 3.94. The van der Waals surface area contributed by atoms with E-state index in [1.54, 1.807) is 0 Å². The van der Waals surface area contributed by atoms with Gasteiger partial charge in [-0.1, -0.05) is 79.4 Å². The van der Waals surface area contributed by atoms with E-state index in [4.69, 9.17) is 0 Å². The van der Waals surface area contributed by atoms with Crippen LogP contribution in [0.2, 0.25) is 0 Å². The molecule has 0 unspecified atom stereocenters. The first-order valence-corrected chi connectivity index (χ1v) is 7.26. The van der Waals surface area contributed by atoms with Crippen molar-refractivity contribution in [2.45, 2.75) is 13.1 Å². The Morgan fingerprint density at radius 1 is 0.810 bits per heavy atom. The van der Waals surface area contributed by atoms with E-state index in [0.29, 0.717) is 0 Å². The average Bonchev–Trinajstić information content (AvgIpc) is 2.56. The molecule has 1 heteroatoms. The number of benzene rings is 3. The Bertz CT molecular complexity index is 744. The summed E-state index contributed by atoms with van der Waals surface area (Å²) >= 11 is 0. The topological polar surface area (TPSA) is 12.0 Å². The third-order valence-electron chi connectivity index (χ3n) is 3.77. The SMILES string of the molecule is C=Cc1ccc2ccccc2c1CNCc1ccccc1. The van der Waals surface area contributed by atoms with Crippen molar-refractivity contribution in [3.05, 3.63) is 90.0 Å². The summed E-state index contributed by atoms with van der Waals surface area (Å²) in [6.45, 7) is 5.66. The van der Waals surface area contributed by atoms with Gasteiger partial charge in [-0.3, -0.25) is 0 Å². The van der Waals surface area contributed by atoms with Crippen molar-refractivity contribution in [3.8, 4) is 0 Å². The minimum Gasteiger partial charge on any atom is -0.309 e. The van der Waals surface area contributed by atoms with Gasteiger partial charge in [0.2, 0.25) is 0 Å². The van der Waals surface area contributed by atoms with Crippen LogP contribution < -0.4 is 5.32 Å². The highest BCUT2D eigenvalue weighted by molar-refractivity contribution is 5.88. The van der Waals surface area contributed by atoms with Gasteiger partial charge in [0.1, 0.15) is 0 Å². The molecule has 0 aliphatic rings. The Balaban J connectivity index is 1.84. The molecule has 0 amide bonds. The van der Waals surface area contributed by atoms with Crippen LogP contribution in [0.15, 0.2) is 73.3 Å². The summed E-state index contributed by atoms with van der Waals surface area (Å²) in [6.07, 6.45) is 1.94. The number of fused-ring (bicyclic) bond motifs is 1. The summed E-state index contributed by atoms with van der Waals surface area (Å²) in [5, 5.41) is 6.12. The molecule has 0 aromatic heterocycles. The Morgan fingerprint density at radius 2 is 1.57 bits per heavy atom. The Labute approximate surface area is 125 Å². The molecule has 0 spiro atoms. The molecule has 0 heterocycles. The molecule has 1 nitrogen and oxygen atoms in total. The van der Waals surface area contributed by atoms with Crippen molar-refractivity contribution in [2.24, 2.45) is 0 Å². The lowest BCUT2D eigenvalue weighted by Gasteiger charge is -2.12. The van der Waals surface area contributed by atoms with Crippen LogP contribution in [0.25, 0.3) is 16.8 Å². The van der Waals surface area contributed by atoms with Gasteiger partial charge in [0.25, 0.3) is 0 Å². The number of hydrogen-bond acceptors (Lipinski definition) is 1. The Hall–Kier alpha value is -2.38. The number of nitrogens with one attached hydrogen (secondary N) is 1. The van der Waals surface area contributed by atoms with E-state index in [1.807, 2.05) is 12.1 Å². The summed E-state index contributed by atoms with van der Waals surface area (Å²) < 4.78 is 0. The van der Waals surface area contributed by atoms with Crippen molar-refractivity contribution in [3.63, 3.8) is 0 Å². The van der Waals surface area contributed by atoms with E-state index in [-0.39, 0.29) is 0 Å². The van der Waals surface area contributed by atoms with E-state index >= 15 is 0 Å². The summed E-state index contributed by atoms with van der Waals surface area (Å²) in [5.41, 5.74) is 3.83. The first-order valence-electron chi connectivity index (χ1n) is 7.26. The van der Waals surface area contributed by atoms with Gasteiger partial charge in [-0.2, -0.15) is 0 Å². The van der Waals surface area contributed by atoms with Crippen LogP contribution in [-0.4, -0.2) is 0 Å². The predicted octanol–water partition coefficient (Wildman–Crippen LogP) is 4.77. The largest absolute Gasteiger partial charge is 0.309 e. The molecular weight excluding hydrogens is 254 g/mol. The van der Waals surface area contributed by atoms with Gasteiger partial charge in [-0.05, 0) is 27.5 Å². The van der Waals surface area contributed by atoms with Gasteiger partial charge in [0.05, 0.1) is 0 Å². The minimum absolute atomic E-state index is 0.845. The summed E-state index contributed by atoms with van der Waals surface area (Å²) in [5.74, 6) is 0. The molecule has 0 saturated heterocycles. The molecule has 21 heavy (non-hydrogen) atoms. The first-order chi connectivity index (χ1) is 10.4. The number of rotatable bonds is 5. The van der Waals surface area contributed by atoms with Crippen LogP contribution in [0.4, 0.5) is 0 Å². The maximum absolute atomic E-state index is 3.94. The highest BCUT2D eigenvalue weighted by atomic mass is 14.8. The van der Waals surface area contributed by atoms with E-state index in [9.17, 15) is 0 Å². The molecule has 1 N–H and O–H groups in total. The van der Waals surface area contributed by atoms with Crippen molar-refractivity contribution in [1.29, 1.82) is 0 Å². The highest BCUT2D eigenvalue weighted by Gasteiger charge is 2.05. The minimum atomic E-state index is 0.845. The van der Waals surface area contributed by atoms with Crippen LogP contribution in [0.5, 0.6) is 0 Å². The van der Waals surface area contributed by atoms with E-state index in [0.717, 1.165) is 13.1 Å². The van der Waals surface area contributed by atoms with Crippen LogP contribution in [0, 0.1) is 0 Å². The van der Waals surface area contributed by atoms with Crippen molar-refractivity contribution in [2.75, 3.05) is 0 Å². The van der Waals surface area contributed by atoms with Crippen molar-refractivity contribution < 1.29 is 0 Å². The quantitative estimate of drug-likeness (QED) is 0.706. The molecule has 0 fully saturated rings. The fourth-order valence-electron chi connectivity index (χ4n) is 2.67. The second kappa shape index (κ2) is 6.38. The van der Waals surface area contributed by atoms with Gasteiger partial charge >= 0.3 is 0 Å². The predicted molar refractivity (Wildman–Crippen MR) is 91.0 cm³/mol. The lowest BCUT2D eigenvalue weighted by Crippen LogP contribution is -2.13. The van der Waals surface area contributed by atoms with E-state index < -0.39 is 0 Å². The zero-order valence-corrected chi connectivity index (χ0v) is 12.0. The molecule has 3 aromatic carbocycles. The molecule has 104 valence electrons. The maximum Gasteiger partial charge on any atom is 0.0220 e. The average molecular weight is 273 g/mol. The molecule has 0 radical (unpaired) electrons. The van der Waals surface area contributed by atoms with Crippen LogP contribution in [-0.2, 0) is 13.1 Å². The van der Waals surface area contributed by atoms with Gasteiger partial charge < -0.3 is 5.32 Å². The van der Waals surface area contributed by atoms with Crippen LogP contribution in [0.1, 0.15) is 16.7 Å². The Morgan fingerprint density at radius 3 is 2.38 bits per heavy atom. The van der Waals surface area contributed by atoms with Crippen molar-refractivity contribution in [1.82, 2.24) is 5.32 Å². The third-order valence-corrected chi connectivity index (χ3v) is 3.77. The van der Waals surface area contributed by atoms with Crippen molar-refractivity contribution >= 4 is 16.8 Å². The summed E-state index contributed by atoms with van der Waals surface area (Å²) in [4.78, 5) is 0. The Kier molecular flexibility index (Phi) is 4.13. The van der Waals surface area contributed by atoms with Gasteiger partial charge in [0.15, 0.2) is 0 Å². The fourth-order valence-corrected chi connectivity index (χ4v) is 2.67. The standard InChI is InChI=1S/C20H19N/c1-2-17-12-13-18-10-6-7-11-19(18)20(17)15-21-14-16-8-4-3-5-9-16/h2-13,21H,1,14-15H2. The zero-order valence-electron chi connectivity index (χ0n) is 12.0. The zero-order chi connectivity index (χ0) is 14.5. The normalized spacial score (nSPS) is 10.7. The lowest BCUT2D eigenvalue weighted by molar-refractivity contribution is 0.696. The molecule has 0 saturated carbocycles.